The zero-order chi connectivity index (χ0) is 14.8. The van der Waals surface area contributed by atoms with Crippen LogP contribution in [0.2, 0.25) is 5.15 Å². The summed E-state index contributed by atoms with van der Waals surface area (Å²) in [5.74, 6) is 0.0372. The van der Waals surface area contributed by atoms with Crippen molar-refractivity contribution in [3.05, 3.63) is 63.9 Å². The summed E-state index contributed by atoms with van der Waals surface area (Å²) >= 11 is 5.96. The van der Waals surface area contributed by atoms with Crippen molar-refractivity contribution in [2.24, 2.45) is 0 Å². The van der Waals surface area contributed by atoms with Crippen molar-refractivity contribution in [3.8, 4) is 0 Å². The molecule has 1 amide bonds. The third kappa shape index (κ3) is 3.08. The van der Waals surface area contributed by atoms with Crippen LogP contribution in [0, 0.1) is 6.92 Å². The molecule has 0 spiro atoms. The van der Waals surface area contributed by atoms with Gasteiger partial charge < -0.3 is 4.90 Å². The van der Waals surface area contributed by atoms with E-state index in [4.69, 9.17) is 11.6 Å². The Morgan fingerprint density at radius 3 is 2.33 bits per heavy atom. The molecule has 0 bridgehead atoms. The van der Waals surface area contributed by atoms with Crippen LogP contribution in [-0.4, -0.2) is 28.9 Å². The van der Waals surface area contributed by atoms with Crippen molar-refractivity contribution >= 4 is 17.5 Å². The van der Waals surface area contributed by atoms with E-state index in [0.29, 0.717) is 10.7 Å². The number of hydrogen-bond acceptors (Lipinski definition) is 2. The number of benzene rings is 1. The topological polar surface area (TPSA) is 33.2 Å². The number of halogens is 1. The molecule has 3 nitrogen and oxygen atoms in total. The highest BCUT2D eigenvalue weighted by atomic mass is 35.5. The van der Waals surface area contributed by atoms with E-state index in [-0.39, 0.29) is 5.91 Å². The number of carbonyl (C=O) groups excluding carboxylic acids is 1. The number of aromatic nitrogens is 1. The van der Waals surface area contributed by atoms with Crippen LogP contribution in [-0.2, 0) is 12.8 Å². The Labute approximate surface area is 129 Å². The average molecular weight is 301 g/mol. The molecule has 0 saturated carbocycles. The van der Waals surface area contributed by atoms with Crippen LogP contribution in [0.5, 0.6) is 0 Å². The highest BCUT2D eigenvalue weighted by molar-refractivity contribution is 6.29. The Kier molecular flexibility index (Phi) is 3.93. The second-order valence-electron chi connectivity index (χ2n) is 5.38. The van der Waals surface area contributed by atoms with Crippen LogP contribution in [0.1, 0.15) is 27.2 Å². The fourth-order valence-electron chi connectivity index (χ4n) is 2.81. The van der Waals surface area contributed by atoms with Gasteiger partial charge in [0.15, 0.2) is 0 Å². The molecule has 0 saturated heterocycles. The number of pyridine rings is 1. The molecule has 4 heteroatoms. The molecular weight excluding hydrogens is 284 g/mol. The van der Waals surface area contributed by atoms with Gasteiger partial charge in [-0.3, -0.25) is 4.79 Å². The molecule has 0 N–H and O–H groups in total. The minimum Gasteiger partial charge on any atom is -0.338 e. The predicted molar refractivity (Wildman–Crippen MR) is 83.7 cm³/mol. The predicted octanol–water partition coefficient (Wildman–Crippen LogP) is 3.28. The quantitative estimate of drug-likeness (QED) is 0.757. The maximum Gasteiger partial charge on any atom is 0.254 e. The van der Waals surface area contributed by atoms with Crippen LogP contribution >= 0.6 is 11.6 Å². The molecule has 3 rings (SSSR count). The SMILES string of the molecule is Cc1cc(C(=O)N2CCc3ccccc3CC2)cc(Cl)n1. The molecule has 108 valence electrons. The van der Waals surface area contributed by atoms with Crippen LogP contribution in [0.3, 0.4) is 0 Å². The molecule has 0 unspecified atom stereocenters. The summed E-state index contributed by atoms with van der Waals surface area (Å²) in [5.41, 5.74) is 4.08. The Bertz CT molecular complexity index is 637. The van der Waals surface area contributed by atoms with Gasteiger partial charge in [0.05, 0.1) is 0 Å². The monoisotopic (exact) mass is 300 g/mol. The fourth-order valence-corrected chi connectivity index (χ4v) is 3.06. The van der Waals surface area contributed by atoms with Crippen LogP contribution in [0.15, 0.2) is 36.4 Å². The van der Waals surface area contributed by atoms with E-state index in [2.05, 4.69) is 29.2 Å². The van der Waals surface area contributed by atoms with Crippen molar-refractivity contribution in [3.63, 3.8) is 0 Å². The third-order valence-electron chi connectivity index (χ3n) is 3.88. The first kappa shape index (κ1) is 14.1. The molecule has 0 fully saturated rings. The Morgan fingerprint density at radius 1 is 1.14 bits per heavy atom. The summed E-state index contributed by atoms with van der Waals surface area (Å²) in [6, 6.07) is 11.9. The van der Waals surface area contributed by atoms with E-state index in [1.54, 1.807) is 12.1 Å². The summed E-state index contributed by atoms with van der Waals surface area (Å²) in [4.78, 5) is 18.7. The first-order valence-electron chi connectivity index (χ1n) is 7.14. The maximum atomic E-state index is 12.6. The lowest BCUT2D eigenvalue weighted by Gasteiger charge is -2.20. The van der Waals surface area contributed by atoms with Crippen LogP contribution in [0.25, 0.3) is 0 Å². The molecular formula is C17H17ClN2O. The number of carbonyl (C=O) groups is 1. The minimum absolute atomic E-state index is 0.0372. The molecule has 0 radical (unpaired) electrons. The number of fused-ring (bicyclic) bond motifs is 1. The van der Waals surface area contributed by atoms with Crippen molar-refractivity contribution in [2.45, 2.75) is 19.8 Å². The van der Waals surface area contributed by atoms with Crippen molar-refractivity contribution in [1.29, 1.82) is 0 Å². The smallest absolute Gasteiger partial charge is 0.254 e. The van der Waals surface area contributed by atoms with E-state index in [9.17, 15) is 4.79 Å². The van der Waals surface area contributed by atoms with Gasteiger partial charge in [0.1, 0.15) is 5.15 Å². The summed E-state index contributed by atoms with van der Waals surface area (Å²) < 4.78 is 0. The number of rotatable bonds is 1. The molecule has 1 aliphatic rings. The lowest BCUT2D eigenvalue weighted by atomic mass is 10.0. The summed E-state index contributed by atoms with van der Waals surface area (Å²) in [7, 11) is 0. The molecule has 1 aromatic carbocycles. The second kappa shape index (κ2) is 5.86. The Hall–Kier alpha value is -1.87. The number of hydrogen-bond donors (Lipinski definition) is 0. The van der Waals surface area contributed by atoms with Gasteiger partial charge in [-0.2, -0.15) is 0 Å². The minimum atomic E-state index is 0.0372. The van der Waals surface area contributed by atoms with Gasteiger partial charge in [-0.25, -0.2) is 4.98 Å². The molecule has 2 aromatic rings. The first-order chi connectivity index (χ1) is 10.1. The standard InChI is InChI=1S/C17H17ClN2O/c1-12-10-15(11-16(18)19-12)17(21)20-8-6-13-4-2-3-5-14(13)7-9-20/h2-5,10-11H,6-9H2,1H3. The maximum absolute atomic E-state index is 12.6. The third-order valence-corrected chi connectivity index (χ3v) is 4.07. The van der Waals surface area contributed by atoms with Gasteiger partial charge in [0.2, 0.25) is 0 Å². The van der Waals surface area contributed by atoms with Gasteiger partial charge in [-0.05, 0) is 43.0 Å². The molecule has 21 heavy (non-hydrogen) atoms. The average Bonchev–Trinajstić information content (AvgIpc) is 2.68. The summed E-state index contributed by atoms with van der Waals surface area (Å²) in [5, 5.41) is 0.372. The normalized spacial score (nSPS) is 14.5. The lowest BCUT2D eigenvalue weighted by molar-refractivity contribution is 0.0763. The molecule has 2 heterocycles. The van der Waals surface area contributed by atoms with E-state index < -0.39 is 0 Å². The van der Waals surface area contributed by atoms with Crippen molar-refractivity contribution in [2.75, 3.05) is 13.1 Å². The molecule has 0 aliphatic carbocycles. The Balaban J connectivity index is 1.80. The zero-order valence-electron chi connectivity index (χ0n) is 12.0. The van der Waals surface area contributed by atoms with Gasteiger partial charge in [0, 0.05) is 24.3 Å². The largest absolute Gasteiger partial charge is 0.338 e. The number of amides is 1. The van der Waals surface area contributed by atoms with Crippen molar-refractivity contribution in [1.82, 2.24) is 9.88 Å². The van der Waals surface area contributed by atoms with Crippen molar-refractivity contribution < 1.29 is 4.79 Å². The van der Waals surface area contributed by atoms with E-state index in [1.165, 1.54) is 11.1 Å². The second-order valence-corrected chi connectivity index (χ2v) is 5.77. The van der Waals surface area contributed by atoms with E-state index in [1.807, 2.05) is 11.8 Å². The summed E-state index contributed by atoms with van der Waals surface area (Å²) in [6.45, 7) is 3.34. The number of aryl methyl sites for hydroxylation is 1. The lowest BCUT2D eigenvalue weighted by Crippen LogP contribution is -2.33. The molecule has 0 atom stereocenters. The first-order valence-corrected chi connectivity index (χ1v) is 7.51. The zero-order valence-corrected chi connectivity index (χ0v) is 12.7. The summed E-state index contributed by atoms with van der Waals surface area (Å²) in [6.07, 6.45) is 1.80. The highest BCUT2D eigenvalue weighted by Gasteiger charge is 2.20. The van der Waals surface area contributed by atoms with Gasteiger partial charge in [-0.15, -0.1) is 0 Å². The van der Waals surface area contributed by atoms with Crippen LogP contribution < -0.4 is 0 Å². The van der Waals surface area contributed by atoms with Crippen LogP contribution in [0.4, 0.5) is 0 Å². The Morgan fingerprint density at radius 2 is 1.76 bits per heavy atom. The van der Waals surface area contributed by atoms with E-state index in [0.717, 1.165) is 31.6 Å². The highest BCUT2D eigenvalue weighted by Crippen LogP contribution is 2.18. The van der Waals surface area contributed by atoms with Gasteiger partial charge in [-0.1, -0.05) is 35.9 Å². The molecule has 1 aromatic heterocycles. The van der Waals surface area contributed by atoms with Gasteiger partial charge >= 0.3 is 0 Å². The van der Waals surface area contributed by atoms with E-state index >= 15 is 0 Å². The number of nitrogens with zero attached hydrogens (tertiary/aromatic N) is 2. The molecule has 1 aliphatic heterocycles. The fraction of sp³-hybridized carbons (Fsp3) is 0.294. The van der Waals surface area contributed by atoms with Gasteiger partial charge in [0.25, 0.3) is 5.91 Å².